The van der Waals surface area contributed by atoms with Gasteiger partial charge in [0.25, 0.3) is 0 Å². The minimum absolute atomic E-state index is 0.402. The summed E-state index contributed by atoms with van der Waals surface area (Å²) in [5.41, 5.74) is 5.52. The molecule has 3 N–H and O–H groups in total. The quantitative estimate of drug-likeness (QED) is 0.345. The molecular weight excluding hydrogens is 430 g/mol. The van der Waals surface area contributed by atoms with Crippen molar-refractivity contribution >= 4 is 33.7 Å². The van der Waals surface area contributed by atoms with E-state index in [1.54, 1.807) is 13.2 Å². The number of nitrogens with one attached hydrogen (secondary N) is 3. The summed E-state index contributed by atoms with van der Waals surface area (Å²) in [6.45, 7) is 3.29. The number of anilines is 2. The zero-order valence-corrected chi connectivity index (χ0v) is 18.8. The van der Waals surface area contributed by atoms with Crippen molar-refractivity contribution < 1.29 is 9.47 Å². The number of hydrogen-bond donors (Lipinski definition) is 3. The minimum Gasteiger partial charge on any atom is -0.488 e. The molecule has 5 heterocycles. The largest absolute Gasteiger partial charge is 0.488 e. The Hall–Kier alpha value is -4.40. The van der Waals surface area contributed by atoms with Crippen LogP contribution < -0.4 is 20.1 Å². The fourth-order valence-electron chi connectivity index (χ4n) is 4.20. The fraction of sp³-hybridized carbons (Fsp3) is 0.200. The Morgan fingerprint density at radius 2 is 1.91 bits per heavy atom. The summed E-state index contributed by atoms with van der Waals surface area (Å²) in [6, 6.07) is 10.2. The standard InChI is InChI=1S/C25H23N7O2/c1-14-21-9-17-8-16(3-4-20(17)30-14)19-13-29-24-22(19)23(31-25(26-2)32-24)28-11-15-7-18(12-27-10-15)33-5-6-34-21/h3-4,7-10,12-13H,5-6,11H2,1-2H3,(H3,26,28,29,31,32). The number of fused-ring (bicyclic) bond motifs is 5. The molecule has 9 heteroatoms. The second kappa shape index (κ2) is 8.18. The second-order valence-electron chi connectivity index (χ2n) is 8.13. The van der Waals surface area contributed by atoms with E-state index in [1.807, 2.05) is 37.5 Å². The van der Waals surface area contributed by atoms with E-state index in [2.05, 4.69) is 37.7 Å². The molecule has 0 amide bonds. The summed E-state index contributed by atoms with van der Waals surface area (Å²) in [5.74, 6) is 2.69. The predicted octanol–water partition coefficient (Wildman–Crippen LogP) is 4.30. The van der Waals surface area contributed by atoms with E-state index in [-0.39, 0.29) is 0 Å². The van der Waals surface area contributed by atoms with Crippen LogP contribution in [0, 0.1) is 6.92 Å². The highest BCUT2D eigenvalue weighted by atomic mass is 16.5. The Balaban J connectivity index is 1.55. The molecule has 0 radical (unpaired) electrons. The average molecular weight is 454 g/mol. The molecular formula is C25H23N7O2. The summed E-state index contributed by atoms with van der Waals surface area (Å²) in [6.07, 6.45) is 5.48. The van der Waals surface area contributed by atoms with Crippen LogP contribution in [0.25, 0.3) is 33.1 Å². The van der Waals surface area contributed by atoms with Crippen molar-refractivity contribution in [1.29, 1.82) is 0 Å². The molecule has 0 saturated carbocycles. The van der Waals surface area contributed by atoms with Gasteiger partial charge in [0.05, 0.1) is 22.8 Å². The molecule has 0 unspecified atom stereocenters. The Morgan fingerprint density at radius 3 is 2.82 bits per heavy atom. The molecule has 4 aromatic heterocycles. The summed E-state index contributed by atoms with van der Waals surface area (Å²) in [4.78, 5) is 21.7. The number of hydrogen-bond acceptors (Lipinski definition) is 8. The van der Waals surface area contributed by atoms with Crippen molar-refractivity contribution in [3.05, 3.63) is 60.2 Å². The molecule has 1 aliphatic heterocycles. The number of H-pyrrole nitrogens is 1. The van der Waals surface area contributed by atoms with E-state index in [0.717, 1.165) is 55.9 Å². The van der Waals surface area contributed by atoms with Gasteiger partial charge in [-0.2, -0.15) is 9.97 Å². The number of rotatable bonds is 1. The number of pyridine rings is 2. The van der Waals surface area contributed by atoms with Crippen molar-refractivity contribution in [3.63, 3.8) is 0 Å². The SMILES string of the molecule is CNc1nc2c3c(c[nH]c3n1)-c1ccc3nc(C)c(cc3c1)OCCOc1cncc(c1)CN2. The molecule has 5 aromatic rings. The van der Waals surface area contributed by atoms with Gasteiger partial charge in [0.2, 0.25) is 5.95 Å². The molecule has 0 atom stereocenters. The molecule has 6 rings (SSSR count). The minimum atomic E-state index is 0.402. The maximum absolute atomic E-state index is 6.01. The molecule has 5 bridgehead atoms. The van der Waals surface area contributed by atoms with Crippen LogP contribution in [0.5, 0.6) is 11.5 Å². The molecule has 0 fully saturated rings. The van der Waals surface area contributed by atoms with Crippen LogP contribution in [-0.4, -0.2) is 45.2 Å². The van der Waals surface area contributed by atoms with E-state index in [9.17, 15) is 0 Å². The third kappa shape index (κ3) is 3.61. The monoisotopic (exact) mass is 453 g/mol. The first kappa shape index (κ1) is 20.2. The van der Waals surface area contributed by atoms with Gasteiger partial charge >= 0.3 is 0 Å². The highest BCUT2D eigenvalue weighted by molar-refractivity contribution is 6.03. The van der Waals surface area contributed by atoms with Gasteiger partial charge in [0.15, 0.2) is 0 Å². The lowest BCUT2D eigenvalue weighted by atomic mass is 10.0. The number of benzene rings is 1. The van der Waals surface area contributed by atoms with Crippen LogP contribution in [0.1, 0.15) is 11.3 Å². The van der Waals surface area contributed by atoms with Gasteiger partial charge in [-0.25, -0.2) is 4.98 Å². The Labute approximate surface area is 195 Å². The topological polar surface area (TPSA) is 110 Å². The fourth-order valence-corrected chi connectivity index (χ4v) is 4.20. The lowest BCUT2D eigenvalue weighted by molar-refractivity contribution is 0.215. The molecule has 1 aromatic carbocycles. The molecule has 9 nitrogen and oxygen atoms in total. The van der Waals surface area contributed by atoms with Gasteiger partial charge < -0.3 is 25.1 Å². The third-order valence-electron chi connectivity index (χ3n) is 5.86. The number of ether oxygens (including phenoxy) is 2. The van der Waals surface area contributed by atoms with Crippen molar-refractivity contribution in [1.82, 2.24) is 24.9 Å². The Morgan fingerprint density at radius 1 is 1.00 bits per heavy atom. The molecule has 0 aliphatic carbocycles. The summed E-state index contributed by atoms with van der Waals surface area (Å²) >= 11 is 0. The van der Waals surface area contributed by atoms with Crippen LogP contribution in [0.2, 0.25) is 0 Å². The average Bonchev–Trinajstić information content (AvgIpc) is 3.29. The van der Waals surface area contributed by atoms with E-state index in [4.69, 9.17) is 19.4 Å². The number of aromatic amines is 1. The first-order chi connectivity index (χ1) is 16.7. The molecule has 1 aliphatic rings. The number of nitrogens with zero attached hydrogens (tertiary/aromatic N) is 4. The smallest absolute Gasteiger partial charge is 0.226 e. The normalized spacial score (nSPS) is 13.4. The van der Waals surface area contributed by atoms with Crippen LogP contribution >= 0.6 is 0 Å². The molecule has 0 saturated heterocycles. The van der Waals surface area contributed by atoms with Crippen LogP contribution in [0.3, 0.4) is 0 Å². The van der Waals surface area contributed by atoms with Crippen LogP contribution in [-0.2, 0) is 6.54 Å². The van der Waals surface area contributed by atoms with Gasteiger partial charge in [-0.05, 0) is 42.3 Å². The maximum atomic E-state index is 6.01. The Bertz CT molecular complexity index is 1530. The number of aryl methyl sites for hydroxylation is 1. The molecule has 34 heavy (non-hydrogen) atoms. The molecule has 170 valence electrons. The van der Waals surface area contributed by atoms with Gasteiger partial charge in [-0.15, -0.1) is 0 Å². The zero-order chi connectivity index (χ0) is 23.1. The maximum Gasteiger partial charge on any atom is 0.226 e. The van der Waals surface area contributed by atoms with Crippen molar-refractivity contribution in [3.8, 4) is 22.6 Å². The van der Waals surface area contributed by atoms with Crippen molar-refractivity contribution in [2.75, 3.05) is 30.9 Å². The highest BCUT2D eigenvalue weighted by Crippen LogP contribution is 2.35. The lowest BCUT2D eigenvalue weighted by Crippen LogP contribution is -2.10. The first-order valence-corrected chi connectivity index (χ1v) is 11.1. The van der Waals surface area contributed by atoms with Gasteiger partial charge in [-0.3, -0.25) is 4.98 Å². The van der Waals surface area contributed by atoms with Gasteiger partial charge in [0.1, 0.15) is 36.2 Å². The molecule has 0 spiro atoms. The zero-order valence-electron chi connectivity index (χ0n) is 18.8. The number of aromatic nitrogens is 5. The van der Waals surface area contributed by atoms with Gasteiger partial charge in [-0.1, -0.05) is 6.07 Å². The van der Waals surface area contributed by atoms with E-state index < -0.39 is 0 Å². The van der Waals surface area contributed by atoms with E-state index >= 15 is 0 Å². The van der Waals surface area contributed by atoms with Crippen molar-refractivity contribution in [2.24, 2.45) is 0 Å². The first-order valence-electron chi connectivity index (χ1n) is 11.1. The van der Waals surface area contributed by atoms with E-state index in [1.165, 1.54) is 0 Å². The van der Waals surface area contributed by atoms with Crippen molar-refractivity contribution in [2.45, 2.75) is 13.5 Å². The van der Waals surface area contributed by atoms with Crippen LogP contribution in [0.15, 0.2) is 48.9 Å². The van der Waals surface area contributed by atoms with E-state index in [0.29, 0.717) is 31.5 Å². The highest BCUT2D eigenvalue weighted by Gasteiger charge is 2.16. The second-order valence-corrected chi connectivity index (χ2v) is 8.13. The Kier molecular flexibility index (Phi) is 4.87. The van der Waals surface area contributed by atoms with Gasteiger partial charge in [0, 0.05) is 36.9 Å². The summed E-state index contributed by atoms with van der Waals surface area (Å²) < 4.78 is 11.9. The third-order valence-corrected chi connectivity index (χ3v) is 5.86. The summed E-state index contributed by atoms with van der Waals surface area (Å²) in [7, 11) is 1.80. The van der Waals surface area contributed by atoms with Crippen LogP contribution in [0.4, 0.5) is 11.8 Å². The predicted molar refractivity (Wildman–Crippen MR) is 131 cm³/mol. The summed E-state index contributed by atoms with van der Waals surface area (Å²) in [5, 5.41) is 8.42. The lowest BCUT2D eigenvalue weighted by Gasteiger charge is -2.12.